The largest absolute Gasteiger partial charge is 0.388 e. The van der Waals surface area contributed by atoms with E-state index < -0.39 is 10.8 Å². The smallest absolute Gasteiger partial charge is 0.282 e. The quantitative estimate of drug-likeness (QED) is 0.645. The Morgan fingerprint density at radius 2 is 2.00 bits per heavy atom. The fraction of sp³-hybridized carbons (Fsp3) is 0.533. The van der Waals surface area contributed by atoms with E-state index in [1.54, 1.807) is 13.1 Å². The second kappa shape index (κ2) is 6.56. The molecule has 0 radical (unpaired) electrons. The lowest BCUT2D eigenvalue weighted by Gasteiger charge is -2.27. The summed E-state index contributed by atoms with van der Waals surface area (Å²) >= 11 is 0. The van der Waals surface area contributed by atoms with Crippen LogP contribution >= 0.6 is 0 Å². The maximum Gasteiger partial charge on any atom is 0.282 e. The van der Waals surface area contributed by atoms with Crippen molar-refractivity contribution in [1.29, 1.82) is 0 Å². The van der Waals surface area contributed by atoms with Gasteiger partial charge in [-0.25, -0.2) is 0 Å². The first-order chi connectivity index (χ1) is 9.66. The number of nitrogens with one attached hydrogen (secondary N) is 2. The third-order valence-electron chi connectivity index (χ3n) is 3.77. The van der Waals surface area contributed by atoms with E-state index >= 15 is 0 Å². The molecule has 0 aliphatic rings. The number of nitro groups is 1. The Morgan fingerprint density at radius 3 is 2.48 bits per heavy atom. The van der Waals surface area contributed by atoms with Gasteiger partial charge in [0.05, 0.1) is 4.92 Å². The van der Waals surface area contributed by atoms with Crippen molar-refractivity contribution in [2.24, 2.45) is 11.3 Å². The van der Waals surface area contributed by atoms with Gasteiger partial charge in [0.1, 0.15) is 5.56 Å². The summed E-state index contributed by atoms with van der Waals surface area (Å²) in [6.07, 6.45) is 0. The van der Waals surface area contributed by atoms with Crippen LogP contribution in [0.2, 0.25) is 0 Å². The normalized spacial score (nSPS) is 12.6. The first-order valence-electron chi connectivity index (χ1n) is 6.91. The summed E-state index contributed by atoms with van der Waals surface area (Å²) < 4.78 is 0. The van der Waals surface area contributed by atoms with Gasteiger partial charge in [0, 0.05) is 25.3 Å². The predicted octanol–water partition coefficient (Wildman–Crippen LogP) is 3.05. The molecule has 0 saturated carbocycles. The first kappa shape index (κ1) is 16.9. The highest BCUT2D eigenvalue weighted by atomic mass is 16.6. The van der Waals surface area contributed by atoms with Gasteiger partial charge in [0.2, 0.25) is 0 Å². The molecule has 1 aromatic carbocycles. The van der Waals surface area contributed by atoms with Crippen molar-refractivity contribution < 1.29 is 9.72 Å². The van der Waals surface area contributed by atoms with Crippen LogP contribution in [0, 0.1) is 21.4 Å². The number of hydrogen-bond acceptors (Lipinski definition) is 4. The Labute approximate surface area is 125 Å². The van der Waals surface area contributed by atoms with E-state index in [0.29, 0.717) is 12.2 Å². The van der Waals surface area contributed by atoms with E-state index in [1.165, 1.54) is 12.1 Å². The lowest BCUT2D eigenvalue weighted by atomic mass is 9.82. The molecule has 0 aliphatic carbocycles. The van der Waals surface area contributed by atoms with Crippen molar-refractivity contribution >= 4 is 17.3 Å². The van der Waals surface area contributed by atoms with Crippen LogP contribution in [0.25, 0.3) is 0 Å². The maximum absolute atomic E-state index is 12.2. The van der Waals surface area contributed by atoms with Crippen molar-refractivity contribution in [1.82, 2.24) is 5.32 Å². The van der Waals surface area contributed by atoms with E-state index in [2.05, 4.69) is 31.4 Å². The van der Waals surface area contributed by atoms with Crippen LogP contribution in [-0.4, -0.2) is 24.4 Å². The minimum Gasteiger partial charge on any atom is -0.388 e. The average Bonchev–Trinajstić information content (AvgIpc) is 2.42. The summed E-state index contributed by atoms with van der Waals surface area (Å²) in [6, 6.07) is 4.41. The van der Waals surface area contributed by atoms with Crippen LogP contribution in [0.5, 0.6) is 0 Å². The fourth-order valence-electron chi connectivity index (χ4n) is 1.68. The van der Waals surface area contributed by atoms with Gasteiger partial charge in [-0.2, -0.15) is 0 Å². The van der Waals surface area contributed by atoms with Crippen molar-refractivity contribution in [2.45, 2.75) is 27.7 Å². The minimum absolute atomic E-state index is 0.0615. The molecule has 0 heterocycles. The van der Waals surface area contributed by atoms with Gasteiger partial charge >= 0.3 is 0 Å². The highest BCUT2D eigenvalue weighted by Crippen LogP contribution is 2.25. The average molecular weight is 293 g/mol. The summed E-state index contributed by atoms with van der Waals surface area (Å²) in [5.41, 5.74) is 0.615. The molecule has 0 aromatic heterocycles. The Bertz CT molecular complexity index is 535. The summed E-state index contributed by atoms with van der Waals surface area (Å²) in [6.45, 7) is 8.79. The minimum atomic E-state index is -0.540. The monoisotopic (exact) mass is 293 g/mol. The number of anilines is 1. The van der Waals surface area contributed by atoms with Crippen LogP contribution in [-0.2, 0) is 0 Å². The molecule has 1 rings (SSSR count). The molecule has 1 aromatic rings. The summed E-state index contributed by atoms with van der Waals surface area (Å²) in [5, 5.41) is 16.7. The molecule has 0 spiro atoms. The maximum atomic E-state index is 12.2. The van der Waals surface area contributed by atoms with E-state index in [-0.39, 0.29) is 22.6 Å². The molecule has 2 N–H and O–H groups in total. The molecule has 1 unspecified atom stereocenters. The van der Waals surface area contributed by atoms with Crippen LogP contribution in [0.15, 0.2) is 18.2 Å². The second-order valence-corrected chi connectivity index (χ2v) is 6.22. The third-order valence-corrected chi connectivity index (χ3v) is 3.77. The fourth-order valence-corrected chi connectivity index (χ4v) is 1.68. The predicted molar refractivity (Wildman–Crippen MR) is 83.6 cm³/mol. The zero-order valence-electron chi connectivity index (χ0n) is 13.2. The zero-order chi connectivity index (χ0) is 16.2. The lowest BCUT2D eigenvalue weighted by Crippen LogP contribution is -2.34. The molecule has 0 bridgehead atoms. The standard InChI is InChI=1S/C15H23N3O3/c1-10(15(2,3)4)9-17-14(19)12-8-11(16-5)6-7-13(12)18(20)21/h6-8,10,16H,9H2,1-5H3,(H,17,19). The first-order valence-corrected chi connectivity index (χ1v) is 6.91. The molecule has 116 valence electrons. The van der Waals surface area contributed by atoms with Gasteiger partial charge < -0.3 is 10.6 Å². The molecule has 6 heteroatoms. The summed E-state index contributed by atoms with van der Waals surface area (Å²) in [5.74, 6) is -0.164. The van der Waals surface area contributed by atoms with Crippen LogP contribution in [0.4, 0.5) is 11.4 Å². The van der Waals surface area contributed by atoms with Gasteiger partial charge in [-0.1, -0.05) is 27.7 Å². The molecule has 0 fully saturated rings. The van der Waals surface area contributed by atoms with Gasteiger partial charge in [-0.15, -0.1) is 0 Å². The molecular formula is C15H23N3O3. The van der Waals surface area contributed by atoms with Crippen molar-refractivity contribution in [2.75, 3.05) is 18.9 Å². The number of nitro benzene ring substituents is 1. The highest BCUT2D eigenvalue weighted by Gasteiger charge is 2.24. The zero-order valence-corrected chi connectivity index (χ0v) is 13.2. The van der Waals surface area contributed by atoms with Crippen molar-refractivity contribution in [3.05, 3.63) is 33.9 Å². The molecule has 21 heavy (non-hydrogen) atoms. The third kappa shape index (κ3) is 4.44. The van der Waals surface area contributed by atoms with Crippen LogP contribution in [0.1, 0.15) is 38.1 Å². The number of carbonyl (C=O) groups excluding carboxylic acids is 1. The number of rotatable bonds is 5. The second-order valence-electron chi connectivity index (χ2n) is 6.22. The van der Waals surface area contributed by atoms with Crippen LogP contribution in [0.3, 0.4) is 0 Å². The molecule has 1 atom stereocenters. The van der Waals surface area contributed by atoms with E-state index in [1.807, 2.05) is 6.92 Å². The number of hydrogen-bond donors (Lipinski definition) is 2. The molecule has 6 nitrogen and oxygen atoms in total. The van der Waals surface area contributed by atoms with Gasteiger partial charge in [-0.05, 0) is 23.5 Å². The highest BCUT2D eigenvalue weighted by molar-refractivity contribution is 5.99. The number of carbonyl (C=O) groups is 1. The topological polar surface area (TPSA) is 84.3 Å². The van der Waals surface area contributed by atoms with Gasteiger partial charge in [0.15, 0.2) is 0 Å². The van der Waals surface area contributed by atoms with Gasteiger partial charge in [0.25, 0.3) is 11.6 Å². The Balaban J connectivity index is 2.93. The lowest BCUT2D eigenvalue weighted by molar-refractivity contribution is -0.385. The van der Waals surface area contributed by atoms with Gasteiger partial charge in [-0.3, -0.25) is 14.9 Å². The van der Waals surface area contributed by atoms with Crippen LogP contribution < -0.4 is 10.6 Å². The van der Waals surface area contributed by atoms with E-state index in [0.717, 1.165) is 0 Å². The van der Waals surface area contributed by atoms with E-state index in [9.17, 15) is 14.9 Å². The van der Waals surface area contributed by atoms with Crippen molar-refractivity contribution in [3.8, 4) is 0 Å². The summed E-state index contributed by atoms with van der Waals surface area (Å²) in [7, 11) is 1.70. The number of benzene rings is 1. The Kier molecular flexibility index (Phi) is 5.29. The Hall–Kier alpha value is -2.11. The van der Waals surface area contributed by atoms with Crippen molar-refractivity contribution in [3.63, 3.8) is 0 Å². The molecular weight excluding hydrogens is 270 g/mol. The number of amides is 1. The molecule has 0 aliphatic heterocycles. The van der Waals surface area contributed by atoms with E-state index in [4.69, 9.17) is 0 Å². The Morgan fingerprint density at radius 1 is 1.38 bits per heavy atom. The molecule has 0 saturated heterocycles. The number of nitrogens with zero attached hydrogens (tertiary/aromatic N) is 1. The molecule has 1 amide bonds. The summed E-state index contributed by atoms with van der Waals surface area (Å²) in [4.78, 5) is 22.7. The SMILES string of the molecule is CNc1ccc([N+](=O)[O-])c(C(=O)NCC(C)C(C)(C)C)c1.